The second kappa shape index (κ2) is 31.7. The topological polar surface area (TPSA) is 189 Å². The summed E-state index contributed by atoms with van der Waals surface area (Å²) in [5.41, 5.74) is 5.52. The van der Waals surface area contributed by atoms with Crippen LogP contribution in [0.1, 0.15) is 42.4 Å². The number of ether oxygens (including phenoxy) is 6. The molecule has 0 bridgehead atoms. The number of carbonyl (C=O) groups excluding carboxylic acids is 5. The third-order valence-electron chi connectivity index (χ3n) is 8.03. The van der Waals surface area contributed by atoms with Crippen molar-refractivity contribution >= 4 is 29.6 Å². The van der Waals surface area contributed by atoms with Crippen LogP contribution in [0.3, 0.4) is 0 Å². The molecule has 0 atom stereocenters. The highest BCUT2D eigenvalue weighted by Crippen LogP contribution is 2.11. The highest BCUT2D eigenvalue weighted by molar-refractivity contribution is 5.85. The Morgan fingerprint density at radius 2 is 1.12 bits per heavy atom. The van der Waals surface area contributed by atoms with E-state index >= 15 is 0 Å². The molecule has 0 aliphatic rings. The van der Waals surface area contributed by atoms with Crippen LogP contribution in [0.15, 0.2) is 54.6 Å². The quantitative estimate of drug-likeness (QED) is 0.0719. The first-order valence-corrected chi connectivity index (χ1v) is 19.0. The Morgan fingerprint density at radius 3 is 1.77 bits per heavy atom. The Morgan fingerprint density at radius 1 is 0.571 bits per heavy atom. The maximum atomic E-state index is 12.9. The lowest BCUT2D eigenvalue weighted by Gasteiger charge is -2.22. The smallest absolute Gasteiger partial charge is 0.332 e. The lowest BCUT2D eigenvalue weighted by molar-refractivity contribution is -0.158. The molecule has 16 nitrogen and oxygen atoms in total. The molecule has 0 fully saturated rings. The fourth-order valence-electron chi connectivity index (χ4n) is 5.02. The first kappa shape index (κ1) is 47.7. The summed E-state index contributed by atoms with van der Waals surface area (Å²) < 4.78 is 31.1. The first-order chi connectivity index (χ1) is 27.3. The molecule has 56 heavy (non-hydrogen) atoms. The van der Waals surface area contributed by atoms with Gasteiger partial charge in [-0.05, 0) is 48.8 Å². The molecule has 0 spiro atoms. The van der Waals surface area contributed by atoms with Gasteiger partial charge in [-0.2, -0.15) is 5.48 Å². The predicted molar refractivity (Wildman–Crippen MR) is 206 cm³/mol. The number of nitrogens with one attached hydrogen (secondary N) is 3. The van der Waals surface area contributed by atoms with E-state index in [2.05, 4.69) is 40.4 Å². The summed E-state index contributed by atoms with van der Waals surface area (Å²) in [5, 5.41) is 5.33. The van der Waals surface area contributed by atoms with Gasteiger partial charge in [0.2, 0.25) is 17.7 Å². The van der Waals surface area contributed by atoms with Crippen LogP contribution in [0, 0.1) is 0 Å². The van der Waals surface area contributed by atoms with E-state index in [0.29, 0.717) is 33.0 Å². The Kier molecular flexibility index (Phi) is 27.0. The van der Waals surface area contributed by atoms with Crippen molar-refractivity contribution in [3.05, 3.63) is 71.3 Å². The van der Waals surface area contributed by atoms with E-state index in [0.717, 1.165) is 31.2 Å². The van der Waals surface area contributed by atoms with Gasteiger partial charge < -0.3 is 48.8 Å². The van der Waals surface area contributed by atoms with Crippen molar-refractivity contribution in [3.63, 3.8) is 0 Å². The van der Waals surface area contributed by atoms with E-state index in [9.17, 15) is 24.0 Å². The van der Waals surface area contributed by atoms with Gasteiger partial charge in [-0.3, -0.25) is 19.2 Å². The van der Waals surface area contributed by atoms with E-state index in [4.69, 9.17) is 33.3 Å². The van der Waals surface area contributed by atoms with Gasteiger partial charge in [0.15, 0.2) is 0 Å². The molecule has 4 amide bonds. The molecule has 0 saturated carbocycles. The maximum absolute atomic E-state index is 12.9. The molecule has 2 aromatic carbocycles. The van der Waals surface area contributed by atoms with Gasteiger partial charge in [0.05, 0.1) is 65.8 Å². The Bertz CT molecular complexity index is 1380. The van der Waals surface area contributed by atoms with Crippen LogP contribution in [-0.4, -0.2) is 141 Å². The minimum Gasteiger partial charge on any atom is -0.382 e. The van der Waals surface area contributed by atoms with Gasteiger partial charge in [0, 0.05) is 40.3 Å². The van der Waals surface area contributed by atoms with E-state index in [1.807, 2.05) is 30.3 Å². The number of hydrogen-bond donors (Lipinski definition) is 3. The van der Waals surface area contributed by atoms with Gasteiger partial charge in [0.25, 0.3) is 5.91 Å². The number of benzene rings is 2. The Balaban J connectivity index is 1.65. The van der Waals surface area contributed by atoms with Crippen molar-refractivity contribution < 1.29 is 57.2 Å². The third kappa shape index (κ3) is 24.9. The summed E-state index contributed by atoms with van der Waals surface area (Å²) in [6.07, 6.45) is 4.41. The van der Waals surface area contributed by atoms with E-state index < -0.39 is 23.7 Å². The number of amides is 4. The molecule has 0 unspecified atom stereocenters. The molecule has 16 heteroatoms. The fourth-order valence-corrected chi connectivity index (χ4v) is 5.02. The van der Waals surface area contributed by atoms with Crippen LogP contribution in [0.5, 0.6) is 0 Å². The number of unbranched alkanes of at least 4 members (excludes halogenated alkanes) is 1. The number of aryl methyl sites for hydroxylation is 2. The second-order valence-electron chi connectivity index (χ2n) is 12.6. The maximum Gasteiger partial charge on any atom is 0.332 e. The van der Waals surface area contributed by atoms with Crippen molar-refractivity contribution in [2.75, 3.05) is 106 Å². The lowest BCUT2D eigenvalue weighted by Crippen LogP contribution is -2.46. The highest BCUT2D eigenvalue weighted by atomic mass is 16.7. The fraction of sp³-hybridized carbons (Fsp3) is 0.575. The van der Waals surface area contributed by atoms with Crippen LogP contribution in [-0.2, 0) is 76.5 Å². The molecule has 0 radical (unpaired) electrons. The average molecular weight is 789 g/mol. The zero-order chi connectivity index (χ0) is 40.5. The molecule has 3 N–H and O–H groups in total. The molecule has 0 heterocycles. The largest absolute Gasteiger partial charge is 0.382 e. The summed E-state index contributed by atoms with van der Waals surface area (Å²) in [6.45, 7) is 2.15. The molecular formula is C40H60N4O12. The Hall–Kier alpha value is -4.45. The van der Waals surface area contributed by atoms with Crippen LogP contribution < -0.4 is 16.1 Å². The summed E-state index contributed by atoms with van der Waals surface area (Å²) in [4.78, 5) is 68.4. The number of rotatable bonds is 32. The molecular weight excluding hydrogens is 728 g/mol. The van der Waals surface area contributed by atoms with Gasteiger partial charge in [-0.15, -0.1) is 0 Å². The van der Waals surface area contributed by atoms with Crippen molar-refractivity contribution in [3.8, 4) is 0 Å². The molecule has 0 aliphatic carbocycles. The number of hydrogen-bond acceptors (Lipinski definition) is 12. The van der Waals surface area contributed by atoms with Crippen molar-refractivity contribution in [1.29, 1.82) is 0 Å². The van der Waals surface area contributed by atoms with Gasteiger partial charge in [-0.1, -0.05) is 54.6 Å². The third-order valence-corrected chi connectivity index (χ3v) is 8.03. The zero-order valence-electron chi connectivity index (χ0n) is 32.9. The van der Waals surface area contributed by atoms with E-state index in [1.165, 1.54) is 16.0 Å². The highest BCUT2D eigenvalue weighted by Gasteiger charge is 2.18. The van der Waals surface area contributed by atoms with Crippen molar-refractivity contribution in [2.24, 2.45) is 0 Å². The van der Waals surface area contributed by atoms with E-state index in [1.54, 1.807) is 14.2 Å². The molecule has 2 rings (SSSR count). The predicted octanol–water partition coefficient (Wildman–Crippen LogP) is 1.57. The number of hydroxylamine groups is 1. The summed E-state index contributed by atoms with van der Waals surface area (Å²) >= 11 is 0. The van der Waals surface area contributed by atoms with Crippen LogP contribution in [0.2, 0.25) is 0 Å². The molecule has 0 saturated heterocycles. The molecule has 312 valence electrons. The van der Waals surface area contributed by atoms with Gasteiger partial charge in [0.1, 0.15) is 13.2 Å². The minimum atomic E-state index is -0.656. The lowest BCUT2D eigenvalue weighted by atomic mass is 10.0. The first-order valence-electron chi connectivity index (χ1n) is 19.0. The average Bonchev–Trinajstić information content (AvgIpc) is 3.20. The summed E-state index contributed by atoms with van der Waals surface area (Å²) in [5.74, 6) is -2.43. The summed E-state index contributed by atoms with van der Waals surface area (Å²) in [6, 6.07) is 18.2. The summed E-state index contributed by atoms with van der Waals surface area (Å²) in [7, 11) is 3.13. The van der Waals surface area contributed by atoms with Crippen molar-refractivity contribution in [1.82, 2.24) is 21.0 Å². The van der Waals surface area contributed by atoms with Crippen molar-refractivity contribution in [2.45, 2.75) is 44.9 Å². The van der Waals surface area contributed by atoms with Crippen LogP contribution >= 0.6 is 0 Å². The number of methoxy groups -OCH3 is 2. The van der Waals surface area contributed by atoms with Crippen LogP contribution in [0.25, 0.3) is 0 Å². The molecule has 0 aromatic heterocycles. The molecule has 0 aliphatic heterocycles. The standard InChI is InChI=1S/C40H60N4O12/c1-50-21-23-52-25-27-54-31-38(47)42-19-20-44(39(48)32-55-28-26-53-24-22-51-2)30-37(46)41-18-8-13-40(49)56-43-36(45)29-35-16-14-34(15-17-35)12-7-6-11-33-9-4-3-5-10-33/h3-5,9-10,14-17H,6-8,11-13,18-32H2,1-2H3,(H,41,46)(H,42,47)(H,43,45). The SMILES string of the molecule is COCCOCCOCC(=O)NCCN(CC(=O)NCCCC(=O)ONC(=O)Cc1ccc(CCCCc2ccccc2)cc1)C(=O)COCCOCCOC. The monoisotopic (exact) mass is 788 g/mol. The number of carbonyl (C=O) groups is 5. The zero-order valence-corrected chi connectivity index (χ0v) is 32.9. The van der Waals surface area contributed by atoms with Gasteiger partial charge in [-0.25, -0.2) is 4.79 Å². The minimum absolute atomic E-state index is 0.0389. The van der Waals surface area contributed by atoms with Crippen LogP contribution in [0.4, 0.5) is 0 Å². The van der Waals surface area contributed by atoms with Gasteiger partial charge >= 0.3 is 5.97 Å². The normalized spacial score (nSPS) is 10.8. The molecule has 2 aromatic rings. The second-order valence-corrected chi connectivity index (χ2v) is 12.6. The Labute approximate surface area is 330 Å². The van der Waals surface area contributed by atoms with E-state index in [-0.39, 0.29) is 84.4 Å². The number of nitrogens with zero attached hydrogens (tertiary/aromatic N) is 1.